The molecule has 5 heteroatoms. The molecule has 0 N–H and O–H groups in total. The van der Waals surface area contributed by atoms with Crippen LogP contribution in [-0.2, 0) is 16.1 Å². The Bertz CT molecular complexity index is 1240. The number of aldehydes is 1. The van der Waals surface area contributed by atoms with Gasteiger partial charge in [-0.15, -0.1) is 11.8 Å². The van der Waals surface area contributed by atoms with Gasteiger partial charge in [-0.25, -0.2) is 0 Å². The number of rotatable bonds is 12. The maximum absolute atomic E-state index is 13.8. The first-order valence-corrected chi connectivity index (χ1v) is 13.4. The van der Waals surface area contributed by atoms with Gasteiger partial charge in [-0.05, 0) is 47.4 Å². The van der Waals surface area contributed by atoms with Gasteiger partial charge < -0.3 is 9.64 Å². The Labute approximate surface area is 223 Å². The van der Waals surface area contributed by atoms with Crippen LogP contribution in [0.5, 0.6) is 5.75 Å². The summed E-state index contributed by atoms with van der Waals surface area (Å²) < 4.78 is 5.44. The second-order valence-electron chi connectivity index (χ2n) is 8.73. The zero-order valence-corrected chi connectivity index (χ0v) is 21.8. The van der Waals surface area contributed by atoms with Crippen molar-refractivity contribution in [1.29, 1.82) is 0 Å². The quantitative estimate of drug-likeness (QED) is 0.154. The van der Waals surface area contributed by atoms with Crippen molar-refractivity contribution >= 4 is 24.0 Å². The van der Waals surface area contributed by atoms with E-state index in [4.69, 9.17) is 4.74 Å². The van der Waals surface area contributed by atoms with E-state index in [9.17, 15) is 9.59 Å². The smallest absolute Gasteiger partial charge is 0.224 e. The average molecular weight is 510 g/mol. The Balaban J connectivity index is 1.54. The second-order valence-corrected chi connectivity index (χ2v) is 9.90. The molecule has 0 aliphatic heterocycles. The zero-order valence-electron chi connectivity index (χ0n) is 21.0. The van der Waals surface area contributed by atoms with Gasteiger partial charge in [0.25, 0.3) is 0 Å². The maximum Gasteiger partial charge on any atom is 0.224 e. The van der Waals surface area contributed by atoms with E-state index in [0.29, 0.717) is 24.5 Å². The van der Waals surface area contributed by atoms with Crippen molar-refractivity contribution in [3.8, 4) is 5.75 Å². The van der Waals surface area contributed by atoms with Crippen LogP contribution in [-0.4, -0.2) is 29.5 Å². The summed E-state index contributed by atoms with van der Waals surface area (Å²) in [4.78, 5) is 27.5. The van der Waals surface area contributed by atoms with Crippen molar-refractivity contribution in [3.05, 3.63) is 131 Å². The summed E-state index contributed by atoms with van der Waals surface area (Å²) in [5, 5.41) is 0. The molecule has 4 nitrogen and oxygen atoms in total. The Morgan fingerprint density at radius 2 is 1.46 bits per heavy atom. The largest absolute Gasteiger partial charge is 0.486 e. The Morgan fingerprint density at radius 3 is 2.03 bits per heavy atom. The lowest BCUT2D eigenvalue weighted by molar-refractivity contribution is -0.133. The van der Waals surface area contributed by atoms with Gasteiger partial charge >= 0.3 is 0 Å². The summed E-state index contributed by atoms with van der Waals surface area (Å²) in [6.45, 7) is 2.53. The first kappa shape index (κ1) is 26.2. The van der Waals surface area contributed by atoms with E-state index in [2.05, 4.69) is 36.4 Å². The van der Waals surface area contributed by atoms with Crippen molar-refractivity contribution in [2.45, 2.75) is 30.8 Å². The number of hydrogen-bond donors (Lipinski definition) is 0. The number of amides is 1. The highest BCUT2D eigenvalue weighted by atomic mass is 32.2. The molecule has 0 atom stereocenters. The van der Waals surface area contributed by atoms with Crippen LogP contribution in [0.2, 0.25) is 0 Å². The fraction of sp³-hybridized carbons (Fsp3) is 0.188. The Hall–Kier alpha value is -3.83. The van der Waals surface area contributed by atoms with Crippen LogP contribution in [0.15, 0.2) is 114 Å². The first-order valence-electron chi connectivity index (χ1n) is 12.4. The summed E-state index contributed by atoms with van der Waals surface area (Å²) in [5.74, 6) is 1.47. The van der Waals surface area contributed by atoms with Crippen LogP contribution in [0.4, 0.5) is 0 Å². The number of nitrogens with zero attached hydrogens (tertiary/aromatic N) is 1. The lowest BCUT2D eigenvalue weighted by Gasteiger charge is -2.33. The van der Waals surface area contributed by atoms with Crippen molar-refractivity contribution < 1.29 is 14.3 Å². The minimum absolute atomic E-state index is 0.0447. The highest BCUT2D eigenvalue weighted by Crippen LogP contribution is 2.32. The van der Waals surface area contributed by atoms with E-state index < -0.39 is 0 Å². The summed E-state index contributed by atoms with van der Waals surface area (Å²) in [6.07, 6.45) is 1.16. The first-order chi connectivity index (χ1) is 18.2. The highest BCUT2D eigenvalue weighted by molar-refractivity contribution is 7.99. The molecule has 0 spiro atoms. The van der Waals surface area contributed by atoms with Gasteiger partial charge in [0.1, 0.15) is 12.4 Å². The maximum atomic E-state index is 13.8. The number of carbonyl (C=O) groups excluding carboxylic acids is 2. The predicted molar refractivity (Wildman–Crippen MR) is 150 cm³/mol. The summed E-state index contributed by atoms with van der Waals surface area (Å²) in [7, 11) is 0. The predicted octanol–water partition coefficient (Wildman–Crippen LogP) is 6.87. The molecule has 0 aromatic heterocycles. The van der Waals surface area contributed by atoms with E-state index in [-0.39, 0.29) is 18.6 Å². The van der Waals surface area contributed by atoms with Crippen molar-refractivity contribution in [2.75, 3.05) is 12.4 Å². The number of thioether (sulfide) groups is 1. The van der Waals surface area contributed by atoms with Gasteiger partial charge in [0.15, 0.2) is 6.29 Å². The number of aryl methyl sites for hydroxylation is 1. The number of ether oxygens (including phenoxy) is 1. The van der Waals surface area contributed by atoms with E-state index in [1.165, 1.54) is 0 Å². The van der Waals surface area contributed by atoms with Gasteiger partial charge in [0, 0.05) is 23.6 Å². The monoisotopic (exact) mass is 509 g/mol. The third kappa shape index (κ3) is 7.34. The molecule has 0 aliphatic carbocycles. The van der Waals surface area contributed by atoms with Crippen molar-refractivity contribution in [1.82, 2.24) is 4.90 Å². The second kappa shape index (κ2) is 13.5. The number of benzene rings is 4. The fourth-order valence-corrected chi connectivity index (χ4v) is 5.26. The van der Waals surface area contributed by atoms with Crippen LogP contribution >= 0.6 is 11.8 Å². The summed E-state index contributed by atoms with van der Waals surface area (Å²) in [5.41, 5.74) is 4.25. The molecule has 0 saturated heterocycles. The van der Waals surface area contributed by atoms with Crippen LogP contribution in [0.3, 0.4) is 0 Å². The minimum Gasteiger partial charge on any atom is -0.486 e. The molecule has 4 aromatic carbocycles. The Kier molecular flexibility index (Phi) is 9.55. The topological polar surface area (TPSA) is 46.6 Å². The summed E-state index contributed by atoms with van der Waals surface area (Å²) >= 11 is 1.65. The van der Waals surface area contributed by atoms with Crippen molar-refractivity contribution in [2.24, 2.45) is 0 Å². The zero-order chi connectivity index (χ0) is 25.9. The molecule has 0 heterocycles. The summed E-state index contributed by atoms with van der Waals surface area (Å²) in [6, 6.07) is 36.3. The molecule has 0 saturated carbocycles. The minimum atomic E-state index is -0.184. The van der Waals surface area contributed by atoms with Crippen LogP contribution in [0.25, 0.3) is 0 Å². The van der Waals surface area contributed by atoms with Crippen molar-refractivity contribution in [3.63, 3.8) is 0 Å². The molecule has 37 heavy (non-hydrogen) atoms. The molecule has 0 radical (unpaired) electrons. The van der Waals surface area contributed by atoms with Gasteiger partial charge in [-0.3, -0.25) is 9.59 Å². The van der Waals surface area contributed by atoms with E-state index >= 15 is 0 Å². The van der Waals surface area contributed by atoms with Crippen LogP contribution < -0.4 is 4.74 Å². The SMILES string of the molecule is Cc1cc(SCCC(=O)N(Cc2ccccc2)C(c2ccccc2)c2ccccc2)ccc1OCC=O. The van der Waals surface area contributed by atoms with Crippen LogP contribution in [0, 0.1) is 6.92 Å². The molecule has 0 unspecified atom stereocenters. The molecular weight excluding hydrogens is 478 g/mol. The lowest BCUT2D eigenvalue weighted by Crippen LogP contribution is -2.35. The molecule has 4 aromatic rings. The standard InChI is InChI=1S/C32H31NO3S/c1-25-23-29(17-18-30(25)36-21-20-34)37-22-19-31(35)33(24-26-11-5-2-6-12-26)32(27-13-7-3-8-14-27)28-15-9-4-10-16-28/h2-18,20,23,32H,19,21-22,24H2,1H3. The molecule has 0 bridgehead atoms. The third-order valence-corrected chi connectivity index (χ3v) is 7.09. The molecule has 4 rings (SSSR count). The third-order valence-electron chi connectivity index (χ3n) is 6.10. The fourth-order valence-electron chi connectivity index (χ4n) is 4.32. The highest BCUT2D eigenvalue weighted by Gasteiger charge is 2.26. The lowest BCUT2D eigenvalue weighted by atomic mass is 9.96. The van der Waals surface area contributed by atoms with Gasteiger partial charge in [0.2, 0.25) is 5.91 Å². The van der Waals surface area contributed by atoms with E-state index in [1.54, 1.807) is 11.8 Å². The normalized spacial score (nSPS) is 10.8. The number of hydrogen-bond acceptors (Lipinski definition) is 4. The molecule has 0 fully saturated rings. The van der Waals surface area contributed by atoms with E-state index in [1.807, 2.05) is 84.6 Å². The Morgan fingerprint density at radius 1 is 0.865 bits per heavy atom. The van der Waals surface area contributed by atoms with Gasteiger partial charge in [-0.1, -0.05) is 91.0 Å². The van der Waals surface area contributed by atoms with E-state index in [0.717, 1.165) is 33.4 Å². The van der Waals surface area contributed by atoms with Gasteiger partial charge in [-0.2, -0.15) is 0 Å². The molecular formula is C32H31NO3S. The van der Waals surface area contributed by atoms with Crippen LogP contribution in [0.1, 0.15) is 34.7 Å². The molecule has 0 aliphatic rings. The average Bonchev–Trinajstić information content (AvgIpc) is 2.94. The number of carbonyl (C=O) groups is 2. The molecule has 1 amide bonds. The van der Waals surface area contributed by atoms with Gasteiger partial charge in [0.05, 0.1) is 6.04 Å². The molecule has 188 valence electrons.